The zero-order chi connectivity index (χ0) is 14.8. The van der Waals surface area contributed by atoms with Gasteiger partial charge in [-0.3, -0.25) is 0 Å². The van der Waals surface area contributed by atoms with E-state index in [-0.39, 0.29) is 5.97 Å². The molecule has 0 aliphatic carbocycles. The van der Waals surface area contributed by atoms with Crippen LogP contribution in [0.2, 0.25) is 0 Å². The van der Waals surface area contributed by atoms with Crippen molar-refractivity contribution in [1.82, 2.24) is 4.90 Å². The number of nitrogen functional groups attached to an aromatic ring is 1. The summed E-state index contributed by atoms with van der Waals surface area (Å²) in [6.07, 6.45) is 2.49. The smallest absolute Gasteiger partial charge is 0.338 e. The van der Waals surface area contributed by atoms with E-state index in [1.165, 1.54) is 25.9 Å². The molecule has 3 saturated heterocycles. The fourth-order valence-corrected chi connectivity index (χ4v) is 3.35. The number of benzene rings is 1. The van der Waals surface area contributed by atoms with Gasteiger partial charge in [-0.25, -0.2) is 4.79 Å². The van der Waals surface area contributed by atoms with Crippen molar-refractivity contribution < 1.29 is 9.53 Å². The maximum atomic E-state index is 11.8. The Labute approximate surface area is 125 Å². The van der Waals surface area contributed by atoms with Gasteiger partial charge in [-0.15, -0.1) is 0 Å². The van der Waals surface area contributed by atoms with E-state index in [1.54, 1.807) is 12.1 Å². The van der Waals surface area contributed by atoms with Gasteiger partial charge in [0.05, 0.1) is 23.5 Å². The summed E-state index contributed by atoms with van der Waals surface area (Å²) in [4.78, 5) is 14.3. The van der Waals surface area contributed by atoms with Gasteiger partial charge in [0.2, 0.25) is 0 Å². The predicted molar refractivity (Wildman–Crippen MR) is 83.4 cm³/mol. The van der Waals surface area contributed by atoms with E-state index in [1.807, 2.05) is 13.0 Å². The SMILES string of the molecule is CCOC(=O)c1ccc(N)c(NC2CN3CCC2CC3)c1. The number of carbonyl (C=O) groups is 1. The standard InChI is InChI=1S/C16H23N3O2/c1-2-21-16(20)12-3-4-13(17)14(9-12)18-15-10-19-7-5-11(15)6-8-19/h3-4,9,11,15,18H,2,5-8,10,17H2,1H3. The van der Waals surface area contributed by atoms with Crippen LogP contribution in [0.5, 0.6) is 0 Å². The molecule has 1 aromatic carbocycles. The third kappa shape index (κ3) is 2.97. The van der Waals surface area contributed by atoms with Gasteiger partial charge < -0.3 is 20.7 Å². The second kappa shape index (κ2) is 5.93. The maximum Gasteiger partial charge on any atom is 0.338 e. The van der Waals surface area contributed by atoms with E-state index in [0.29, 0.717) is 29.8 Å². The first-order chi connectivity index (χ1) is 10.2. The Bertz CT molecular complexity index is 524. The number of fused-ring (bicyclic) bond motifs is 3. The maximum absolute atomic E-state index is 11.8. The number of ether oxygens (including phenoxy) is 1. The molecule has 0 spiro atoms. The van der Waals surface area contributed by atoms with Crippen molar-refractivity contribution in [2.75, 3.05) is 37.3 Å². The molecule has 4 rings (SSSR count). The highest BCUT2D eigenvalue weighted by Crippen LogP contribution is 2.31. The van der Waals surface area contributed by atoms with Crippen LogP contribution in [-0.2, 0) is 4.74 Å². The van der Waals surface area contributed by atoms with Crippen LogP contribution >= 0.6 is 0 Å². The third-order valence-corrected chi connectivity index (χ3v) is 4.56. The first-order valence-electron chi connectivity index (χ1n) is 7.73. The highest BCUT2D eigenvalue weighted by molar-refractivity contribution is 5.92. The van der Waals surface area contributed by atoms with Gasteiger partial charge in [0.1, 0.15) is 0 Å². The molecule has 0 aromatic heterocycles. The van der Waals surface area contributed by atoms with Crippen molar-refractivity contribution in [2.24, 2.45) is 5.92 Å². The van der Waals surface area contributed by atoms with Crippen LogP contribution < -0.4 is 11.1 Å². The number of hydrogen-bond acceptors (Lipinski definition) is 5. The van der Waals surface area contributed by atoms with E-state index >= 15 is 0 Å². The van der Waals surface area contributed by atoms with Crippen molar-refractivity contribution in [3.63, 3.8) is 0 Å². The Balaban J connectivity index is 1.75. The van der Waals surface area contributed by atoms with Crippen LogP contribution in [0.25, 0.3) is 0 Å². The molecular formula is C16H23N3O2. The van der Waals surface area contributed by atoms with Crippen LogP contribution in [0, 0.1) is 5.92 Å². The zero-order valence-electron chi connectivity index (χ0n) is 12.5. The molecule has 3 fully saturated rings. The number of piperidine rings is 3. The number of nitrogens with two attached hydrogens (primary N) is 1. The summed E-state index contributed by atoms with van der Waals surface area (Å²) in [5.41, 5.74) is 8.13. The normalized spacial score (nSPS) is 27.4. The Morgan fingerprint density at radius 1 is 1.43 bits per heavy atom. The number of nitrogens with zero attached hydrogens (tertiary/aromatic N) is 1. The summed E-state index contributed by atoms with van der Waals surface area (Å²) in [5, 5.41) is 3.54. The first-order valence-corrected chi connectivity index (χ1v) is 7.73. The van der Waals surface area contributed by atoms with E-state index in [2.05, 4.69) is 10.2 Å². The fourth-order valence-electron chi connectivity index (χ4n) is 3.35. The molecule has 3 heterocycles. The van der Waals surface area contributed by atoms with Gasteiger partial charge in [0, 0.05) is 12.6 Å². The largest absolute Gasteiger partial charge is 0.462 e. The van der Waals surface area contributed by atoms with Gasteiger partial charge in [-0.1, -0.05) is 0 Å². The molecule has 1 aromatic rings. The molecule has 3 N–H and O–H groups in total. The highest BCUT2D eigenvalue weighted by Gasteiger charge is 2.34. The van der Waals surface area contributed by atoms with Crippen molar-refractivity contribution in [2.45, 2.75) is 25.8 Å². The molecule has 0 saturated carbocycles. The minimum atomic E-state index is -0.297. The average Bonchev–Trinajstić information content (AvgIpc) is 2.51. The summed E-state index contributed by atoms with van der Waals surface area (Å²) >= 11 is 0. The summed E-state index contributed by atoms with van der Waals surface area (Å²) in [7, 11) is 0. The summed E-state index contributed by atoms with van der Waals surface area (Å²) in [6.45, 7) is 5.67. The van der Waals surface area contributed by atoms with Crippen LogP contribution in [0.4, 0.5) is 11.4 Å². The van der Waals surface area contributed by atoms with Crippen molar-refractivity contribution in [3.05, 3.63) is 23.8 Å². The van der Waals surface area contributed by atoms with Crippen molar-refractivity contribution in [3.8, 4) is 0 Å². The van der Waals surface area contributed by atoms with Crippen LogP contribution in [-0.4, -0.2) is 43.2 Å². The Morgan fingerprint density at radius 2 is 2.19 bits per heavy atom. The highest BCUT2D eigenvalue weighted by atomic mass is 16.5. The zero-order valence-corrected chi connectivity index (χ0v) is 12.5. The lowest BCUT2D eigenvalue weighted by atomic mass is 9.84. The second-order valence-electron chi connectivity index (χ2n) is 5.91. The Kier molecular flexibility index (Phi) is 4.01. The Morgan fingerprint density at radius 3 is 2.81 bits per heavy atom. The number of nitrogens with one attached hydrogen (secondary N) is 1. The van der Waals surface area contributed by atoms with E-state index in [4.69, 9.17) is 10.5 Å². The summed E-state index contributed by atoms with van der Waals surface area (Å²) in [6, 6.07) is 5.72. The first kappa shape index (κ1) is 14.2. The Hall–Kier alpha value is -1.75. The number of anilines is 2. The molecule has 3 aliphatic rings. The second-order valence-corrected chi connectivity index (χ2v) is 5.91. The molecule has 0 amide bonds. The van der Waals surface area contributed by atoms with Gasteiger partial charge >= 0.3 is 5.97 Å². The van der Waals surface area contributed by atoms with Gasteiger partial charge in [-0.2, -0.15) is 0 Å². The minimum absolute atomic E-state index is 0.297. The molecule has 1 atom stereocenters. The molecular weight excluding hydrogens is 266 g/mol. The summed E-state index contributed by atoms with van der Waals surface area (Å²) in [5.74, 6) is 0.412. The van der Waals surface area contributed by atoms with E-state index in [0.717, 1.165) is 12.2 Å². The predicted octanol–water partition coefficient (Wildman–Crippen LogP) is 1.95. The number of hydrogen-bond donors (Lipinski definition) is 2. The monoisotopic (exact) mass is 289 g/mol. The average molecular weight is 289 g/mol. The molecule has 5 heteroatoms. The lowest BCUT2D eigenvalue weighted by molar-refractivity contribution is 0.0526. The lowest BCUT2D eigenvalue weighted by Gasteiger charge is -2.45. The van der Waals surface area contributed by atoms with E-state index in [9.17, 15) is 4.79 Å². The molecule has 3 aliphatic heterocycles. The number of rotatable bonds is 4. The van der Waals surface area contributed by atoms with Crippen molar-refractivity contribution in [1.29, 1.82) is 0 Å². The molecule has 114 valence electrons. The fraction of sp³-hybridized carbons (Fsp3) is 0.562. The molecule has 0 radical (unpaired) electrons. The molecule has 5 nitrogen and oxygen atoms in total. The minimum Gasteiger partial charge on any atom is -0.462 e. The third-order valence-electron chi connectivity index (χ3n) is 4.56. The lowest BCUT2D eigenvalue weighted by Crippen LogP contribution is -2.53. The van der Waals surface area contributed by atoms with E-state index < -0.39 is 0 Å². The van der Waals surface area contributed by atoms with Crippen LogP contribution in [0.1, 0.15) is 30.1 Å². The van der Waals surface area contributed by atoms with Crippen LogP contribution in [0.3, 0.4) is 0 Å². The molecule has 2 bridgehead atoms. The number of esters is 1. The van der Waals surface area contributed by atoms with Crippen LogP contribution in [0.15, 0.2) is 18.2 Å². The van der Waals surface area contributed by atoms with Gasteiger partial charge in [0.15, 0.2) is 0 Å². The topological polar surface area (TPSA) is 67.6 Å². The van der Waals surface area contributed by atoms with Gasteiger partial charge in [-0.05, 0) is 57.0 Å². The van der Waals surface area contributed by atoms with Crippen molar-refractivity contribution >= 4 is 17.3 Å². The van der Waals surface area contributed by atoms with Gasteiger partial charge in [0.25, 0.3) is 0 Å². The molecule has 21 heavy (non-hydrogen) atoms. The quantitative estimate of drug-likeness (QED) is 0.655. The number of carbonyl (C=O) groups excluding carboxylic acids is 1. The summed E-state index contributed by atoms with van der Waals surface area (Å²) < 4.78 is 5.05. The molecule has 1 unspecified atom stereocenters.